The van der Waals surface area contributed by atoms with Gasteiger partial charge >= 0.3 is 0 Å². The van der Waals surface area contributed by atoms with Crippen LogP contribution >= 0.6 is 0 Å². The molecule has 0 radical (unpaired) electrons. The first-order chi connectivity index (χ1) is 5.53. The fourth-order valence-corrected chi connectivity index (χ4v) is 2.74. The molecule has 1 aliphatic carbocycles. The third-order valence-electron chi connectivity index (χ3n) is 4.23. The van der Waals surface area contributed by atoms with Crippen molar-refractivity contribution in [2.45, 2.75) is 27.2 Å². The number of carbonyl (C=O) groups is 1. The Morgan fingerprint density at radius 1 is 1.50 bits per heavy atom. The minimum absolute atomic E-state index is 0.282. The SMILES string of the molecule is CC1C2CC(CNC2=O)C1(C)C. The normalized spacial score (nSPS) is 44.2. The summed E-state index contributed by atoms with van der Waals surface area (Å²) in [6.45, 7) is 7.70. The number of piperidine rings is 1. The summed E-state index contributed by atoms with van der Waals surface area (Å²) < 4.78 is 0. The van der Waals surface area contributed by atoms with Gasteiger partial charge in [-0.25, -0.2) is 0 Å². The first kappa shape index (κ1) is 8.09. The number of hydrogen-bond donors (Lipinski definition) is 1. The minimum atomic E-state index is 0.282. The molecule has 3 unspecified atom stereocenters. The Morgan fingerprint density at radius 3 is 2.75 bits per heavy atom. The number of amides is 1. The molecule has 2 bridgehead atoms. The van der Waals surface area contributed by atoms with Crippen molar-refractivity contribution < 1.29 is 4.79 Å². The van der Waals surface area contributed by atoms with Crippen LogP contribution in [0.5, 0.6) is 0 Å². The lowest BCUT2D eigenvalue weighted by Crippen LogP contribution is -2.38. The largest absolute Gasteiger partial charge is 0.356 e. The molecule has 2 fully saturated rings. The van der Waals surface area contributed by atoms with Crippen molar-refractivity contribution in [1.82, 2.24) is 5.32 Å². The van der Waals surface area contributed by atoms with Gasteiger partial charge in [-0.3, -0.25) is 4.79 Å². The highest BCUT2D eigenvalue weighted by molar-refractivity contribution is 5.80. The highest BCUT2D eigenvalue weighted by Gasteiger charge is 2.51. The second-order valence-electron chi connectivity index (χ2n) is 4.89. The fraction of sp³-hybridized carbons (Fsp3) is 0.900. The molecule has 3 atom stereocenters. The Labute approximate surface area is 73.7 Å². The second kappa shape index (κ2) is 2.24. The standard InChI is InChI=1S/C10H17NO/c1-6-8-4-7(10(6,2)3)5-11-9(8)12/h6-8H,4-5H2,1-3H3,(H,11,12). The van der Waals surface area contributed by atoms with E-state index in [1.165, 1.54) is 0 Å². The van der Waals surface area contributed by atoms with Crippen LogP contribution in [0.4, 0.5) is 0 Å². The molecule has 0 spiro atoms. The van der Waals surface area contributed by atoms with Crippen LogP contribution in [0.1, 0.15) is 27.2 Å². The van der Waals surface area contributed by atoms with Crippen LogP contribution in [-0.4, -0.2) is 12.5 Å². The molecule has 1 saturated carbocycles. The quantitative estimate of drug-likeness (QED) is 0.580. The third kappa shape index (κ3) is 0.838. The lowest BCUT2D eigenvalue weighted by atomic mass is 9.76. The van der Waals surface area contributed by atoms with E-state index in [9.17, 15) is 4.79 Å². The van der Waals surface area contributed by atoms with Crippen LogP contribution in [0.3, 0.4) is 0 Å². The van der Waals surface area contributed by atoms with Gasteiger partial charge in [0.2, 0.25) is 5.91 Å². The van der Waals surface area contributed by atoms with E-state index < -0.39 is 0 Å². The molecule has 0 aromatic carbocycles. The zero-order chi connectivity index (χ0) is 8.93. The van der Waals surface area contributed by atoms with Crippen molar-refractivity contribution in [1.29, 1.82) is 0 Å². The van der Waals surface area contributed by atoms with E-state index in [0.717, 1.165) is 13.0 Å². The van der Waals surface area contributed by atoms with E-state index >= 15 is 0 Å². The molecule has 2 rings (SSSR count). The predicted molar refractivity (Wildman–Crippen MR) is 47.6 cm³/mol. The van der Waals surface area contributed by atoms with E-state index in [0.29, 0.717) is 23.2 Å². The van der Waals surface area contributed by atoms with Crippen molar-refractivity contribution in [3.05, 3.63) is 0 Å². The first-order valence-corrected chi connectivity index (χ1v) is 4.81. The predicted octanol–water partition coefficient (Wildman–Crippen LogP) is 1.41. The Kier molecular flexibility index (Phi) is 1.51. The summed E-state index contributed by atoms with van der Waals surface area (Å²) in [7, 11) is 0. The summed E-state index contributed by atoms with van der Waals surface area (Å²) in [6.07, 6.45) is 1.11. The number of fused-ring (bicyclic) bond motifs is 2. The summed E-state index contributed by atoms with van der Waals surface area (Å²) in [5.41, 5.74) is 0.351. The Hall–Kier alpha value is -0.530. The average molecular weight is 167 g/mol. The Bertz CT molecular complexity index is 222. The summed E-state index contributed by atoms with van der Waals surface area (Å²) in [5, 5.41) is 2.99. The number of nitrogens with one attached hydrogen (secondary N) is 1. The fourth-order valence-electron chi connectivity index (χ4n) is 2.74. The molecule has 1 aliphatic heterocycles. The lowest BCUT2D eigenvalue weighted by molar-refractivity contribution is -0.127. The number of carbonyl (C=O) groups excluding carboxylic acids is 1. The molecule has 2 heteroatoms. The van der Waals surface area contributed by atoms with Gasteiger partial charge in [0, 0.05) is 12.5 Å². The van der Waals surface area contributed by atoms with Gasteiger partial charge in [-0.05, 0) is 23.7 Å². The number of rotatable bonds is 0. The third-order valence-corrected chi connectivity index (χ3v) is 4.23. The van der Waals surface area contributed by atoms with Crippen LogP contribution in [0.15, 0.2) is 0 Å². The summed E-state index contributed by atoms with van der Waals surface area (Å²) in [5.74, 6) is 1.82. The maximum Gasteiger partial charge on any atom is 0.223 e. The molecular formula is C10H17NO. The number of hydrogen-bond acceptors (Lipinski definition) is 1. The van der Waals surface area contributed by atoms with Gasteiger partial charge in [0.15, 0.2) is 0 Å². The Morgan fingerprint density at radius 2 is 2.17 bits per heavy atom. The maximum atomic E-state index is 11.4. The van der Waals surface area contributed by atoms with Crippen LogP contribution in [0.25, 0.3) is 0 Å². The van der Waals surface area contributed by atoms with Crippen molar-refractivity contribution in [3.63, 3.8) is 0 Å². The van der Waals surface area contributed by atoms with Gasteiger partial charge in [-0.1, -0.05) is 20.8 Å². The van der Waals surface area contributed by atoms with E-state index in [2.05, 4.69) is 26.1 Å². The molecule has 12 heavy (non-hydrogen) atoms. The summed E-state index contributed by atoms with van der Waals surface area (Å²) in [6, 6.07) is 0. The van der Waals surface area contributed by atoms with Gasteiger partial charge in [0.05, 0.1) is 0 Å². The second-order valence-corrected chi connectivity index (χ2v) is 4.89. The van der Waals surface area contributed by atoms with Gasteiger partial charge in [-0.15, -0.1) is 0 Å². The lowest BCUT2D eigenvalue weighted by Gasteiger charge is -2.29. The van der Waals surface area contributed by atoms with Gasteiger partial charge in [-0.2, -0.15) is 0 Å². The summed E-state index contributed by atoms with van der Waals surface area (Å²) >= 11 is 0. The van der Waals surface area contributed by atoms with E-state index in [1.807, 2.05) is 0 Å². The molecule has 0 aromatic rings. The molecular weight excluding hydrogens is 150 g/mol. The van der Waals surface area contributed by atoms with Crippen molar-refractivity contribution in [2.24, 2.45) is 23.2 Å². The molecule has 0 aromatic heterocycles. The molecule has 1 amide bonds. The van der Waals surface area contributed by atoms with Crippen LogP contribution in [-0.2, 0) is 4.79 Å². The zero-order valence-corrected chi connectivity index (χ0v) is 8.05. The molecule has 2 aliphatic rings. The Balaban J connectivity index is 2.31. The highest BCUT2D eigenvalue weighted by atomic mass is 16.2. The van der Waals surface area contributed by atoms with Gasteiger partial charge < -0.3 is 5.32 Å². The zero-order valence-electron chi connectivity index (χ0n) is 8.05. The topological polar surface area (TPSA) is 29.1 Å². The summed E-state index contributed by atoms with van der Waals surface area (Å²) in [4.78, 5) is 11.4. The first-order valence-electron chi connectivity index (χ1n) is 4.81. The monoisotopic (exact) mass is 167 g/mol. The molecule has 68 valence electrons. The minimum Gasteiger partial charge on any atom is -0.356 e. The van der Waals surface area contributed by atoms with E-state index in [4.69, 9.17) is 0 Å². The van der Waals surface area contributed by atoms with Crippen LogP contribution in [0, 0.1) is 23.2 Å². The molecule has 2 nitrogen and oxygen atoms in total. The van der Waals surface area contributed by atoms with Crippen LogP contribution in [0.2, 0.25) is 0 Å². The van der Waals surface area contributed by atoms with Crippen molar-refractivity contribution >= 4 is 5.91 Å². The smallest absolute Gasteiger partial charge is 0.223 e. The van der Waals surface area contributed by atoms with Crippen LogP contribution < -0.4 is 5.32 Å². The highest BCUT2D eigenvalue weighted by Crippen LogP contribution is 2.51. The maximum absolute atomic E-state index is 11.4. The van der Waals surface area contributed by atoms with E-state index in [1.54, 1.807) is 0 Å². The van der Waals surface area contributed by atoms with Gasteiger partial charge in [0.1, 0.15) is 0 Å². The molecule has 1 heterocycles. The molecule has 1 N–H and O–H groups in total. The van der Waals surface area contributed by atoms with Crippen molar-refractivity contribution in [2.75, 3.05) is 6.54 Å². The van der Waals surface area contributed by atoms with Gasteiger partial charge in [0.25, 0.3) is 0 Å². The van der Waals surface area contributed by atoms with Crippen molar-refractivity contribution in [3.8, 4) is 0 Å². The average Bonchev–Trinajstić information content (AvgIpc) is 2.20. The van der Waals surface area contributed by atoms with E-state index in [-0.39, 0.29) is 5.91 Å². The molecule has 1 saturated heterocycles.